The van der Waals surface area contributed by atoms with E-state index in [-0.39, 0.29) is 12.0 Å². The van der Waals surface area contributed by atoms with Crippen LogP contribution in [0.15, 0.2) is 30.3 Å². The van der Waals surface area contributed by atoms with Crippen molar-refractivity contribution in [1.29, 1.82) is 5.26 Å². The molecule has 0 bridgehead atoms. The van der Waals surface area contributed by atoms with E-state index >= 15 is 0 Å². The number of hydrogen-bond acceptors (Lipinski definition) is 8. The summed E-state index contributed by atoms with van der Waals surface area (Å²) in [4.78, 5) is 0. The van der Waals surface area contributed by atoms with E-state index in [1.54, 1.807) is 14.2 Å². The van der Waals surface area contributed by atoms with Crippen LogP contribution in [0.4, 0.5) is 0 Å². The van der Waals surface area contributed by atoms with E-state index in [2.05, 4.69) is 33.8 Å². The van der Waals surface area contributed by atoms with Gasteiger partial charge in [-0.1, -0.05) is 65.5 Å². The van der Waals surface area contributed by atoms with Crippen LogP contribution in [0.2, 0.25) is 0 Å². The predicted octanol–water partition coefficient (Wildman–Crippen LogP) is 7.94. The molecule has 0 fully saturated rings. The monoisotopic (exact) mass is 596 g/mol. The van der Waals surface area contributed by atoms with Crippen LogP contribution < -0.4 is 34.2 Å². The van der Waals surface area contributed by atoms with Crippen molar-refractivity contribution < 1.29 is 28.4 Å². The molecular formula is C35H52N2O6. The van der Waals surface area contributed by atoms with Crippen molar-refractivity contribution in [2.75, 3.05) is 27.4 Å². The van der Waals surface area contributed by atoms with Gasteiger partial charge < -0.3 is 34.2 Å². The van der Waals surface area contributed by atoms with Crippen molar-refractivity contribution >= 4 is 0 Å². The standard InChI is InChI=1S/C35H52N2O6/c1-7-9-13-20-40-30-23-27(32(41-21-14-10-8-2)34(39-6)33(30)38-5)35(24-36,25(3)4)19-15-16-26(37)22-31-42-28-17-11-12-18-29(28)43-31/h11-12,17-18,23,25-26,31H,7-10,13-16,19-22,37H2,1-6H3. The smallest absolute Gasteiger partial charge is 0.243 e. The topological polar surface area (TPSA) is 105 Å². The Morgan fingerprint density at radius 3 is 2.02 bits per heavy atom. The lowest BCUT2D eigenvalue weighted by Crippen LogP contribution is -2.34. The summed E-state index contributed by atoms with van der Waals surface area (Å²) in [6, 6.07) is 12.2. The molecule has 2 N–H and O–H groups in total. The van der Waals surface area contributed by atoms with Crippen LogP contribution in [0.25, 0.3) is 0 Å². The van der Waals surface area contributed by atoms with Gasteiger partial charge in [-0.25, -0.2) is 0 Å². The fourth-order valence-electron chi connectivity index (χ4n) is 5.66. The molecule has 2 aromatic carbocycles. The van der Waals surface area contributed by atoms with E-state index < -0.39 is 11.7 Å². The number of rotatable bonds is 20. The number of methoxy groups -OCH3 is 2. The molecule has 0 radical (unpaired) electrons. The molecule has 0 amide bonds. The lowest BCUT2D eigenvalue weighted by molar-refractivity contribution is 0.0349. The Balaban J connectivity index is 1.87. The summed E-state index contributed by atoms with van der Waals surface area (Å²) < 4.78 is 36.2. The Bertz CT molecular complexity index is 1150. The Labute approximate surface area is 258 Å². The molecule has 0 saturated carbocycles. The molecular weight excluding hydrogens is 544 g/mol. The molecule has 1 aliphatic rings. The van der Waals surface area contributed by atoms with Crippen LogP contribution in [0.5, 0.6) is 34.5 Å². The second-order valence-electron chi connectivity index (χ2n) is 11.7. The van der Waals surface area contributed by atoms with Crippen molar-refractivity contribution in [2.45, 2.75) is 110 Å². The van der Waals surface area contributed by atoms with Gasteiger partial charge in [0.1, 0.15) is 0 Å². The first-order chi connectivity index (χ1) is 20.8. The summed E-state index contributed by atoms with van der Waals surface area (Å²) in [6.45, 7) is 9.56. The van der Waals surface area contributed by atoms with Gasteiger partial charge in [0, 0.05) is 18.0 Å². The third-order valence-electron chi connectivity index (χ3n) is 8.24. The fraction of sp³-hybridized carbons (Fsp3) is 0.629. The quantitative estimate of drug-likeness (QED) is 0.154. The Hall–Kier alpha value is -3.31. The van der Waals surface area contributed by atoms with Gasteiger partial charge in [-0.2, -0.15) is 5.26 Å². The Morgan fingerprint density at radius 2 is 1.49 bits per heavy atom. The first-order valence-corrected chi connectivity index (χ1v) is 16.0. The largest absolute Gasteiger partial charge is 0.490 e. The minimum atomic E-state index is -0.864. The highest BCUT2D eigenvalue weighted by Crippen LogP contribution is 2.53. The highest BCUT2D eigenvalue weighted by atomic mass is 16.7. The Morgan fingerprint density at radius 1 is 0.884 bits per heavy atom. The van der Waals surface area contributed by atoms with E-state index in [0.717, 1.165) is 68.4 Å². The summed E-state index contributed by atoms with van der Waals surface area (Å²) in [5, 5.41) is 10.9. The maximum Gasteiger partial charge on any atom is 0.243 e. The molecule has 238 valence electrons. The Kier molecular flexibility index (Phi) is 13.6. The molecule has 2 aromatic rings. The third-order valence-corrected chi connectivity index (χ3v) is 8.24. The minimum absolute atomic E-state index is 0.0197. The van der Waals surface area contributed by atoms with Crippen LogP contribution in [-0.4, -0.2) is 39.8 Å². The number of para-hydroxylation sites is 2. The van der Waals surface area contributed by atoms with Crippen LogP contribution >= 0.6 is 0 Å². The number of hydrogen-bond donors (Lipinski definition) is 1. The first-order valence-electron chi connectivity index (χ1n) is 16.0. The van der Waals surface area contributed by atoms with Gasteiger partial charge in [0.2, 0.25) is 17.8 Å². The van der Waals surface area contributed by atoms with E-state index in [1.165, 1.54) is 0 Å². The number of ether oxygens (including phenoxy) is 6. The van der Waals surface area contributed by atoms with Crippen molar-refractivity contribution in [3.05, 3.63) is 35.9 Å². The molecule has 0 aromatic heterocycles. The number of unbranched alkanes of at least 4 members (excludes halogenated alkanes) is 4. The van der Waals surface area contributed by atoms with Crippen LogP contribution in [0, 0.1) is 17.2 Å². The molecule has 1 aliphatic heterocycles. The summed E-state index contributed by atoms with van der Waals surface area (Å²) in [5.41, 5.74) is 6.47. The number of fused-ring (bicyclic) bond motifs is 1. The van der Waals surface area contributed by atoms with Crippen molar-refractivity contribution in [1.82, 2.24) is 0 Å². The number of nitrogens with zero attached hydrogens (tertiary/aromatic N) is 1. The van der Waals surface area contributed by atoms with Gasteiger partial charge in [0.25, 0.3) is 0 Å². The maximum atomic E-state index is 10.9. The van der Waals surface area contributed by atoms with Gasteiger partial charge in [-0.15, -0.1) is 0 Å². The van der Waals surface area contributed by atoms with Crippen molar-refractivity contribution in [3.8, 4) is 40.6 Å². The van der Waals surface area contributed by atoms with Crippen LogP contribution in [0.1, 0.15) is 97.5 Å². The second kappa shape index (κ2) is 17.1. The normalized spacial score (nSPS) is 14.7. The molecule has 2 unspecified atom stereocenters. The van der Waals surface area contributed by atoms with E-state index in [0.29, 0.717) is 49.1 Å². The molecule has 8 nitrogen and oxygen atoms in total. The molecule has 43 heavy (non-hydrogen) atoms. The predicted molar refractivity (Wildman–Crippen MR) is 170 cm³/mol. The van der Waals surface area contributed by atoms with Crippen molar-refractivity contribution in [2.24, 2.45) is 11.7 Å². The van der Waals surface area contributed by atoms with Crippen molar-refractivity contribution in [3.63, 3.8) is 0 Å². The SMILES string of the molecule is CCCCCOc1cc(C(C#N)(CCCC(N)CC2Oc3ccccc3O2)C(C)C)c(OCCCCC)c(OC)c1OC. The van der Waals surface area contributed by atoms with Crippen LogP contribution in [0.3, 0.4) is 0 Å². The zero-order valence-corrected chi connectivity index (χ0v) is 27.1. The number of nitrogens with two attached hydrogens (primary N) is 1. The van der Waals surface area contributed by atoms with Gasteiger partial charge in [-0.3, -0.25) is 0 Å². The maximum absolute atomic E-state index is 10.9. The molecule has 8 heteroatoms. The summed E-state index contributed by atoms with van der Waals surface area (Å²) in [6.07, 6.45) is 8.35. The number of benzene rings is 2. The average molecular weight is 597 g/mol. The summed E-state index contributed by atoms with van der Waals surface area (Å²) in [7, 11) is 3.21. The van der Waals surface area contributed by atoms with E-state index in [4.69, 9.17) is 34.2 Å². The van der Waals surface area contributed by atoms with E-state index in [1.807, 2.05) is 30.3 Å². The molecule has 2 atom stereocenters. The number of nitriles is 1. The first kappa shape index (κ1) is 34.2. The second-order valence-corrected chi connectivity index (χ2v) is 11.7. The van der Waals surface area contributed by atoms with Gasteiger partial charge >= 0.3 is 0 Å². The fourth-order valence-corrected chi connectivity index (χ4v) is 5.66. The molecule has 1 heterocycles. The average Bonchev–Trinajstić information content (AvgIpc) is 3.41. The zero-order valence-electron chi connectivity index (χ0n) is 27.1. The van der Waals surface area contributed by atoms with Gasteiger partial charge in [-0.05, 0) is 56.2 Å². The zero-order chi connectivity index (χ0) is 31.2. The summed E-state index contributed by atoms with van der Waals surface area (Å²) >= 11 is 0. The lowest BCUT2D eigenvalue weighted by Gasteiger charge is -2.34. The molecule has 0 spiro atoms. The molecule has 3 rings (SSSR count). The van der Waals surface area contributed by atoms with Gasteiger partial charge in [0.15, 0.2) is 23.0 Å². The van der Waals surface area contributed by atoms with Crippen LogP contribution in [-0.2, 0) is 5.41 Å². The third kappa shape index (κ3) is 8.63. The highest BCUT2D eigenvalue weighted by molar-refractivity contribution is 5.65. The van der Waals surface area contributed by atoms with Gasteiger partial charge in [0.05, 0.1) is 38.9 Å². The van der Waals surface area contributed by atoms with E-state index in [9.17, 15) is 5.26 Å². The highest BCUT2D eigenvalue weighted by Gasteiger charge is 2.41. The minimum Gasteiger partial charge on any atom is -0.490 e. The molecule has 0 aliphatic carbocycles. The summed E-state index contributed by atoms with van der Waals surface area (Å²) in [5.74, 6) is 3.55. The lowest BCUT2D eigenvalue weighted by atomic mass is 9.69. The molecule has 0 saturated heterocycles.